The van der Waals surface area contributed by atoms with Crippen molar-refractivity contribution in [2.45, 2.75) is 70.3 Å². The van der Waals surface area contributed by atoms with Gasteiger partial charge in [0.15, 0.2) is 5.78 Å². The predicted octanol–water partition coefficient (Wildman–Crippen LogP) is 6.21. The normalized spacial score (nSPS) is 22.1. The van der Waals surface area contributed by atoms with Crippen molar-refractivity contribution in [1.29, 1.82) is 0 Å². The first-order valence-corrected chi connectivity index (χ1v) is 14.0. The third-order valence-electron chi connectivity index (χ3n) is 8.71. The monoisotopic (exact) mass is 490 g/mol. The molecule has 0 radical (unpaired) electrons. The largest absolute Gasteiger partial charge is 0.335 e. The standard InChI is InChI=1S/C31H39FN2O2/c32-27-13-11-24(12-14-27)30(35)25-15-19-33(20-16-25)21-18-29-28-10-6-5-7-23(28)17-22-34(29)31(36)26-8-3-1-2-4-9-26/h5-7,10-14,25-26,29H,1-4,8-9,15-22H2. The van der Waals surface area contributed by atoms with Gasteiger partial charge in [0.2, 0.25) is 5.91 Å². The van der Waals surface area contributed by atoms with E-state index in [1.807, 2.05) is 0 Å². The van der Waals surface area contributed by atoms with Crippen LogP contribution >= 0.6 is 0 Å². The molecule has 2 heterocycles. The molecule has 2 aromatic rings. The quantitative estimate of drug-likeness (QED) is 0.357. The molecule has 5 heteroatoms. The van der Waals surface area contributed by atoms with E-state index >= 15 is 0 Å². The summed E-state index contributed by atoms with van der Waals surface area (Å²) in [4.78, 5) is 31.2. The molecule has 0 aromatic heterocycles. The molecule has 5 rings (SSSR count). The molecule has 36 heavy (non-hydrogen) atoms. The first kappa shape index (κ1) is 25.1. The summed E-state index contributed by atoms with van der Waals surface area (Å²) in [6.45, 7) is 3.54. The van der Waals surface area contributed by atoms with Gasteiger partial charge in [0.25, 0.3) is 0 Å². The molecule has 4 nitrogen and oxygen atoms in total. The van der Waals surface area contributed by atoms with Crippen LogP contribution in [0.25, 0.3) is 0 Å². The molecule has 1 saturated carbocycles. The number of carbonyl (C=O) groups excluding carboxylic acids is 2. The van der Waals surface area contributed by atoms with Crippen LogP contribution in [0, 0.1) is 17.7 Å². The van der Waals surface area contributed by atoms with Crippen LogP contribution in [0.1, 0.15) is 85.3 Å². The zero-order chi connectivity index (χ0) is 24.9. The Morgan fingerprint density at radius 1 is 0.806 bits per heavy atom. The molecular weight excluding hydrogens is 451 g/mol. The SMILES string of the molecule is O=C(c1ccc(F)cc1)C1CCN(CCC2c3ccccc3CCN2C(=O)C2CCCCCC2)CC1. The van der Waals surface area contributed by atoms with Crippen LogP contribution in [0.2, 0.25) is 0 Å². The van der Waals surface area contributed by atoms with E-state index in [4.69, 9.17) is 0 Å². The summed E-state index contributed by atoms with van der Waals surface area (Å²) in [6.07, 6.45) is 10.5. The molecule has 2 aliphatic heterocycles. The minimum Gasteiger partial charge on any atom is -0.335 e. The van der Waals surface area contributed by atoms with Crippen molar-refractivity contribution in [3.8, 4) is 0 Å². The summed E-state index contributed by atoms with van der Waals surface area (Å²) in [7, 11) is 0. The molecule has 1 atom stereocenters. The molecular formula is C31H39FN2O2. The molecule has 1 saturated heterocycles. The van der Waals surface area contributed by atoms with Gasteiger partial charge in [-0.25, -0.2) is 4.39 Å². The number of carbonyl (C=O) groups is 2. The minimum atomic E-state index is -0.308. The number of Topliss-reactive ketones (excluding diaryl/α,β-unsaturated/α-hetero) is 1. The zero-order valence-corrected chi connectivity index (χ0v) is 21.3. The predicted molar refractivity (Wildman–Crippen MR) is 140 cm³/mol. The lowest BCUT2D eigenvalue weighted by Gasteiger charge is -2.41. The van der Waals surface area contributed by atoms with Gasteiger partial charge in [0.1, 0.15) is 5.82 Å². The maximum atomic E-state index is 13.7. The molecule has 1 amide bonds. The van der Waals surface area contributed by atoms with Crippen LogP contribution in [0.3, 0.4) is 0 Å². The molecule has 0 spiro atoms. The van der Waals surface area contributed by atoms with Gasteiger partial charge in [-0.2, -0.15) is 0 Å². The van der Waals surface area contributed by atoms with Crippen molar-refractivity contribution in [2.75, 3.05) is 26.2 Å². The Hall–Kier alpha value is -2.53. The summed E-state index contributed by atoms with van der Waals surface area (Å²) in [5.41, 5.74) is 3.32. The molecule has 0 bridgehead atoms. The lowest BCUT2D eigenvalue weighted by molar-refractivity contribution is -0.139. The first-order valence-electron chi connectivity index (χ1n) is 14.0. The van der Waals surface area contributed by atoms with Gasteiger partial charge in [-0.1, -0.05) is 49.9 Å². The third-order valence-corrected chi connectivity index (χ3v) is 8.71. The van der Waals surface area contributed by atoms with Crippen LogP contribution in [-0.4, -0.2) is 47.7 Å². The second kappa shape index (κ2) is 11.7. The molecule has 1 unspecified atom stereocenters. The highest BCUT2D eigenvalue weighted by molar-refractivity contribution is 5.97. The second-order valence-corrected chi connectivity index (χ2v) is 11.0. The smallest absolute Gasteiger partial charge is 0.226 e. The number of nitrogens with zero attached hydrogens (tertiary/aromatic N) is 2. The number of fused-ring (bicyclic) bond motifs is 1. The Kier molecular flexibility index (Phi) is 8.15. The van der Waals surface area contributed by atoms with E-state index in [0.717, 1.165) is 64.7 Å². The van der Waals surface area contributed by atoms with E-state index in [2.05, 4.69) is 34.1 Å². The maximum absolute atomic E-state index is 13.7. The van der Waals surface area contributed by atoms with Gasteiger partial charge in [-0.05, 0) is 87.0 Å². The van der Waals surface area contributed by atoms with Gasteiger partial charge in [0.05, 0.1) is 6.04 Å². The number of piperidine rings is 1. The Balaban J connectivity index is 1.21. The summed E-state index contributed by atoms with van der Waals surface area (Å²) >= 11 is 0. The first-order chi connectivity index (χ1) is 17.6. The van der Waals surface area contributed by atoms with Crippen molar-refractivity contribution in [3.05, 3.63) is 71.0 Å². The van der Waals surface area contributed by atoms with Crippen molar-refractivity contribution >= 4 is 11.7 Å². The van der Waals surface area contributed by atoms with Crippen LogP contribution in [0.4, 0.5) is 4.39 Å². The van der Waals surface area contributed by atoms with Crippen molar-refractivity contribution in [3.63, 3.8) is 0 Å². The number of ketones is 1. The van der Waals surface area contributed by atoms with Crippen LogP contribution in [0.15, 0.2) is 48.5 Å². The van der Waals surface area contributed by atoms with Crippen molar-refractivity contribution < 1.29 is 14.0 Å². The Bertz CT molecular complexity index is 1040. The molecule has 1 aliphatic carbocycles. The highest BCUT2D eigenvalue weighted by Gasteiger charge is 2.35. The lowest BCUT2D eigenvalue weighted by atomic mass is 9.87. The van der Waals surface area contributed by atoms with Crippen molar-refractivity contribution in [2.24, 2.45) is 11.8 Å². The van der Waals surface area contributed by atoms with Crippen LogP contribution < -0.4 is 0 Å². The molecule has 0 N–H and O–H groups in total. The maximum Gasteiger partial charge on any atom is 0.226 e. The van der Waals surface area contributed by atoms with Gasteiger partial charge < -0.3 is 9.80 Å². The van der Waals surface area contributed by atoms with E-state index in [-0.39, 0.29) is 29.5 Å². The number of benzene rings is 2. The average molecular weight is 491 g/mol. The third kappa shape index (κ3) is 5.72. The van der Waals surface area contributed by atoms with E-state index < -0.39 is 0 Å². The van der Waals surface area contributed by atoms with Gasteiger partial charge in [-0.15, -0.1) is 0 Å². The van der Waals surface area contributed by atoms with E-state index in [1.165, 1.54) is 48.9 Å². The fourth-order valence-corrected chi connectivity index (χ4v) is 6.56. The number of amides is 1. The zero-order valence-electron chi connectivity index (χ0n) is 21.3. The van der Waals surface area contributed by atoms with Gasteiger partial charge >= 0.3 is 0 Å². The highest BCUT2D eigenvalue weighted by atomic mass is 19.1. The Morgan fingerprint density at radius 3 is 2.22 bits per heavy atom. The molecule has 3 aliphatic rings. The summed E-state index contributed by atoms with van der Waals surface area (Å²) in [5, 5.41) is 0. The number of hydrogen-bond donors (Lipinski definition) is 0. The topological polar surface area (TPSA) is 40.6 Å². The number of likely N-dealkylation sites (tertiary alicyclic amines) is 1. The van der Waals surface area contributed by atoms with E-state index in [9.17, 15) is 14.0 Å². The van der Waals surface area contributed by atoms with Gasteiger partial charge in [0, 0.05) is 30.5 Å². The van der Waals surface area contributed by atoms with Gasteiger partial charge in [-0.3, -0.25) is 9.59 Å². The number of rotatable bonds is 6. The summed E-state index contributed by atoms with van der Waals surface area (Å²) in [5.74, 6) is 0.400. The van der Waals surface area contributed by atoms with Crippen LogP contribution in [0.5, 0.6) is 0 Å². The Morgan fingerprint density at radius 2 is 1.50 bits per heavy atom. The molecule has 2 aromatic carbocycles. The lowest BCUT2D eigenvalue weighted by Crippen LogP contribution is -2.45. The fourth-order valence-electron chi connectivity index (χ4n) is 6.56. The van der Waals surface area contributed by atoms with E-state index in [0.29, 0.717) is 11.5 Å². The highest BCUT2D eigenvalue weighted by Crippen LogP contribution is 2.36. The van der Waals surface area contributed by atoms with E-state index in [1.54, 1.807) is 12.1 Å². The summed E-state index contributed by atoms with van der Waals surface area (Å²) < 4.78 is 13.2. The van der Waals surface area contributed by atoms with Crippen molar-refractivity contribution in [1.82, 2.24) is 9.80 Å². The molecule has 2 fully saturated rings. The van der Waals surface area contributed by atoms with Crippen LogP contribution in [-0.2, 0) is 11.2 Å². The fraction of sp³-hybridized carbons (Fsp3) is 0.548. The minimum absolute atomic E-state index is 0.00966. The molecule has 192 valence electrons. The Labute approximate surface area is 214 Å². The summed E-state index contributed by atoms with van der Waals surface area (Å²) in [6, 6.07) is 14.7. The second-order valence-electron chi connectivity index (χ2n) is 11.0. The number of halogens is 1. The number of hydrogen-bond acceptors (Lipinski definition) is 3. The average Bonchev–Trinajstić information content (AvgIpc) is 3.21.